The first-order chi connectivity index (χ1) is 8.17. The molecule has 1 rings (SSSR count). The molecule has 0 aliphatic carbocycles. The molecule has 1 aromatic rings. The van der Waals surface area contributed by atoms with Gasteiger partial charge in [-0.1, -0.05) is 38.4 Å². The maximum atomic E-state index is 6.07. The van der Waals surface area contributed by atoms with Crippen LogP contribution in [0.3, 0.4) is 0 Å². The van der Waals surface area contributed by atoms with Gasteiger partial charge in [0, 0.05) is 21.7 Å². The summed E-state index contributed by atoms with van der Waals surface area (Å²) in [4.78, 5) is 1.32. The van der Waals surface area contributed by atoms with Gasteiger partial charge in [-0.3, -0.25) is 0 Å². The Morgan fingerprint density at radius 1 is 1.35 bits per heavy atom. The van der Waals surface area contributed by atoms with Crippen LogP contribution in [0.4, 0.5) is 0 Å². The van der Waals surface area contributed by atoms with Crippen molar-refractivity contribution in [3.8, 4) is 0 Å². The third-order valence-corrected chi connectivity index (χ3v) is 4.28. The zero-order valence-corrected chi connectivity index (χ0v) is 12.5. The fraction of sp³-hybridized carbons (Fsp3) is 0.571. The summed E-state index contributed by atoms with van der Waals surface area (Å²) >= 11 is 7.99. The zero-order chi connectivity index (χ0) is 12.7. The minimum atomic E-state index is 0.637. The van der Waals surface area contributed by atoms with E-state index in [1.807, 2.05) is 17.8 Å². The van der Waals surface area contributed by atoms with Crippen LogP contribution in [-0.4, -0.2) is 11.8 Å². The molecule has 3 heteroatoms. The lowest BCUT2D eigenvalue weighted by Gasteiger charge is -2.14. The Morgan fingerprint density at radius 3 is 2.76 bits per heavy atom. The lowest BCUT2D eigenvalue weighted by molar-refractivity contribution is 0.669. The summed E-state index contributed by atoms with van der Waals surface area (Å²) in [6.45, 7) is 8.66. The fourth-order valence-electron chi connectivity index (χ4n) is 1.48. The molecule has 0 aliphatic rings. The predicted molar refractivity (Wildman–Crippen MR) is 79.1 cm³/mol. The summed E-state index contributed by atoms with van der Waals surface area (Å²) in [5.74, 6) is 0. The van der Waals surface area contributed by atoms with E-state index >= 15 is 0 Å². The van der Waals surface area contributed by atoms with Crippen molar-refractivity contribution in [3.63, 3.8) is 0 Å². The van der Waals surface area contributed by atoms with Crippen molar-refractivity contribution < 1.29 is 0 Å². The average Bonchev–Trinajstić information content (AvgIpc) is 2.32. The zero-order valence-electron chi connectivity index (χ0n) is 10.9. The molecular formula is C14H22ClNS. The molecule has 0 aliphatic heterocycles. The van der Waals surface area contributed by atoms with Crippen LogP contribution in [0.15, 0.2) is 23.1 Å². The molecule has 0 radical (unpaired) electrons. The number of hydrogen-bond acceptors (Lipinski definition) is 2. The molecule has 0 saturated heterocycles. The topological polar surface area (TPSA) is 12.0 Å². The third-order valence-electron chi connectivity index (χ3n) is 2.67. The molecule has 1 nitrogen and oxygen atoms in total. The van der Waals surface area contributed by atoms with E-state index in [0.717, 1.165) is 18.1 Å². The predicted octanol–water partition coefficient (Wildman–Crippen LogP) is 4.73. The standard InChI is InChI=1S/C14H22ClNS/c1-4-8-16-10-12-6-7-13(15)9-14(12)17-11(3)5-2/h6-7,9,11,16H,4-5,8,10H2,1-3H3. The largest absolute Gasteiger partial charge is 0.313 e. The van der Waals surface area contributed by atoms with Gasteiger partial charge in [-0.05, 0) is 37.1 Å². The molecule has 1 aromatic carbocycles. The summed E-state index contributed by atoms with van der Waals surface area (Å²) in [6.07, 6.45) is 2.35. The highest BCUT2D eigenvalue weighted by molar-refractivity contribution is 8.00. The Balaban J connectivity index is 2.72. The Hall–Kier alpha value is -0.180. The fourth-order valence-corrected chi connectivity index (χ4v) is 2.81. The van der Waals surface area contributed by atoms with Crippen molar-refractivity contribution in [1.29, 1.82) is 0 Å². The van der Waals surface area contributed by atoms with Crippen molar-refractivity contribution >= 4 is 23.4 Å². The quantitative estimate of drug-likeness (QED) is 0.568. The van der Waals surface area contributed by atoms with Crippen molar-refractivity contribution in [2.45, 2.75) is 50.3 Å². The number of thioether (sulfide) groups is 1. The molecule has 1 atom stereocenters. The molecule has 1 unspecified atom stereocenters. The van der Waals surface area contributed by atoms with Gasteiger partial charge in [-0.2, -0.15) is 0 Å². The van der Waals surface area contributed by atoms with Crippen LogP contribution in [0, 0.1) is 0 Å². The molecule has 0 saturated carbocycles. The molecule has 0 amide bonds. The first-order valence-corrected chi connectivity index (χ1v) is 7.58. The Morgan fingerprint density at radius 2 is 2.12 bits per heavy atom. The molecule has 0 fully saturated rings. The molecular weight excluding hydrogens is 250 g/mol. The molecule has 0 bridgehead atoms. The van der Waals surface area contributed by atoms with Crippen LogP contribution in [-0.2, 0) is 6.54 Å². The number of rotatable bonds is 7. The summed E-state index contributed by atoms with van der Waals surface area (Å²) in [5, 5.41) is 4.91. The van der Waals surface area contributed by atoms with Gasteiger partial charge in [-0.15, -0.1) is 11.8 Å². The Kier molecular flexibility index (Phi) is 7.02. The highest BCUT2D eigenvalue weighted by atomic mass is 35.5. The first kappa shape index (κ1) is 14.9. The van der Waals surface area contributed by atoms with E-state index < -0.39 is 0 Å². The number of nitrogens with one attached hydrogen (secondary N) is 1. The van der Waals surface area contributed by atoms with Crippen molar-refractivity contribution in [1.82, 2.24) is 5.32 Å². The summed E-state index contributed by atoms with van der Waals surface area (Å²) in [7, 11) is 0. The Labute approximate surface area is 114 Å². The number of benzene rings is 1. The van der Waals surface area contributed by atoms with Gasteiger partial charge in [0.15, 0.2) is 0 Å². The van der Waals surface area contributed by atoms with E-state index in [2.05, 4.69) is 38.2 Å². The summed E-state index contributed by atoms with van der Waals surface area (Å²) in [5.41, 5.74) is 1.35. The second-order valence-electron chi connectivity index (χ2n) is 4.27. The average molecular weight is 272 g/mol. The number of halogens is 1. The minimum absolute atomic E-state index is 0.637. The lowest BCUT2D eigenvalue weighted by atomic mass is 10.2. The van der Waals surface area contributed by atoms with Crippen LogP contribution in [0.25, 0.3) is 0 Å². The highest BCUT2D eigenvalue weighted by Gasteiger charge is 2.07. The van der Waals surface area contributed by atoms with E-state index in [-0.39, 0.29) is 0 Å². The summed E-state index contributed by atoms with van der Waals surface area (Å²) < 4.78 is 0. The van der Waals surface area contributed by atoms with E-state index in [4.69, 9.17) is 11.6 Å². The van der Waals surface area contributed by atoms with Gasteiger partial charge >= 0.3 is 0 Å². The van der Waals surface area contributed by atoms with E-state index in [0.29, 0.717) is 5.25 Å². The van der Waals surface area contributed by atoms with Gasteiger partial charge < -0.3 is 5.32 Å². The van der Waals surface area contributed by atoms with Crippen LogP contribution in [0.5, 0.6) is 0 Å². The van der Waals surface area contributed by atoms with Crippen LogP contribution in [0.1, 0.15) is 39.2 Å². The molecule has 0 aromatic heterocycles. The van der Waals surface area contributed by atoms with Crippen LogP contribution >= 0.6 is 23.4 Å². The Bertz CT molecular complexity index is 341. The second-order valence-corrected chi connectivity index (χ2v) is 6.18. The van der Waals surface area contributed by atoms with Crippen LogP contribution < -0.4 is 5.32 Å². The van der Waals surface area contributed by atoms with Gasteiger partial charge in [0.2, 0.25) is 0 Å². The lowest BCUT2D eigenvalue weighted by Crippen LogP contribution is -2.14. The molecule has 0 heterocycles. The summed E-state index contributed by atoms with van der Waals surface area (Å²) in [6, 6.07) is 6.20. The maximum Gasteiger partial charge on any atom is 0.0417 e. The maximum absolute atomic E-state index is 6.07. The van der Waals surface area contributed by atoms with Gasteiger partial charge in [-0.25, -0.2) is 0 Å². The van der Waals surface area contributed by atoms with E-state index in [1.54, 1.807) is 0 Å². The normalized spacial score (nSPS) is 12.7. The smallest absolute Gasteiger partial charge is 0.0417 e. The van der Waals surface area contributed by atoms with Gasteiger partial charge in [0.05, 0.1) is 0 Å². The molecule has 1 N–H and O–H groups in total. The highest BCUT2D eigenvalue weighted by Crippen LogP contribution is 2.30. The third kappa shape index (κ3) is 5.33. The monoisotopic (exact) mass is 271 g/mol. The molecule has 17 heavy (non-hydrogen) atoms. The van der Waals surface area contributed by atoms with E-state index in [1.165, 1.54) is 23.3 Å². The molecule has 96 valence electrons. The van der Waals surface area contributed by atoms with E-state index in [9.17, 15) is 0 Å². The van der Waals surface area contributed by atoms with Gasteiger partial charge in [0.1, 0.15) is 0 Å². The van der Waals surface area contributed by atoms with Crippen molar-refractivity contribution in [3.05, 3.63) is 28.8 Å². The number of hydrogen-bond donors (Lipinski definition) is 1. The SMILES string of the molecule is CCCNCc1ccc(Cl)cc1SC(C)CC. The second kappa shape index (κ2) is 8.02. The van der Waals surface area contributed by atoms with Gasteiger partial charge in [0.25, 0.3) is 0 Å². The van der Waals surface area contributed by atoms with Crippen molar-refractivity contribution in [2.24, 2.45) is 0 Å². The van der Waals surface area contributed by atoms with Crippen molar-refractivity contribution in [2.75, 3.05) is 6.54 Å². The van der Waals surface area contributed by atoms with Crippen LogP contribution in [0.2, 0.25) is 5.02 Å². The first-order valence-electron chi connectivity index (χ1n) is 6.33. The minimum Gasteiger partial charge on any atom is -0.313 e. The molecule has 0 spiro atoms.